The SMILES string of the molecule is CCNC(=O)NCc1cccc(-c2ccc([C@H]3O[C@@H](CSc4ccccc4OC)C[C@@H](c4ccc(CO)cc4)O3)cc2)c1. The number of aliphatic hydroxyl groups is 1. The molecule has 1 aliphatic heterocycles. The van der Waals surface area contributed by atoms with Gasteiger partial charge < -0.3 is 30.0 Å². The van der Waals surface area contributed by atoms with E-state index >= 15 is 0 Å². The molecule has 0 saturated carbocycles. The number of thioether (sulfide) groups is 1. The lowest BCUT2D eigenvalue weighted by Gasteiger charge is -2.36. The molecule has 1 fully saturated rings. The van der Waals surface area contributed by atoms with Crippen LogP contribution < -0.4 is 15.4 Å². The lowest BCUT2D eigenvalue weighted by Crippen LogP contribution is -2.34. The first-order valence-electron chi connectivity index (χ1n) is 14.5. The number of para-hydroxylation sites is 1. The Morgan fingerprint density at radius 2 is 1.65 bits per heavy atom. The summed E-state index contributed by atoms with van der Waals surface area (Å²) >= 11 is 1.72. The standard InChI is InChI=1S/C35H38N2O5S/c1-3-36-35(39)37-21-25-7-6-8-29(19-25)26-15-17-28(18-16-26)34-41-30(23-43-33-10-5-4-9-31(33)40-2)20-32(42-34)27-13-11-24(22-38)12-14-27/h4-19,30,32,34,38H,3,20-23H2,1-2H3,(H2,36,37,39)/t30-,32+,34+/m1/s1. The fraction of sp³-hybridized carbons (Fsp3) is 0.286. The summed E-state index contributed by atoms with van der Waals surface area (Å²) in [6.45, 7) is 2.95. The van der Waals surface area contributed by atoms with E-state index in [9.17, 15) is 9.90 Å². The molecule has 0 spiro atoms. The minimum absolute atomic E-state index is 0.00959. The molecule has 4 aromatic carbocycles. The highest BCUT2D eigenvalue weighted by atomic mass is 32.2. The van der Waals surface area contributed by atoms with Crippen LogP contribution in [0.15, 0.2) is 102 Å². The first-order chi connectivity index (χ1) is 21.1. The topological polar surface area (TPSA) is 89.1 Å². The number of amides is 2. The Bertz CT molecular complexity index is 1480. The van der Waals surface area contributed by atoms with Gasteiger partial charge in [-0.3, -0.25) is 0 Å². The average Bonchev–Trinajstić information content (AvgIpc) is 3.07. The number of carbonyl (C=O) groups is 1. The summed E-state index contributed by atoms with van der Waals surface area (Å²) in [5.74, 6) is 1.60. The molecule has 4 aromatic rings. The third kappa shape index (κ3) is 8.18. The van der Waals surface area contributed by atoms with Crippen molar-refractivity contribution in [3.05, 3.63) is 119 Å². The fourth-order valence-corrected chi connectivity index (χ4v) is 6.09. The lowest BCUT2D eigenvalue weighted by atomic mass is 9.99. The van der Waals surface area contributed by atoms with Gasteiger partial charge in [-0.25, -0.2) is 4.79 Å². The van der Waals surface area contributed by atoms with E-state index in [4.69, 9.17) is 14.2 Å². The molecule has 5 rings (SSSR count). The molecule has 1 heterocycles. The van der Waals surface area contributed by atoms with Crippen LogP contribution in [0.2, 0.25) is 0 Å². The summed E-state index contributed by atoms with van der Waals surface area (Å²) in [4.78, 5) is 12.9. The molecule has 3 N–H and O–H groups in total. The quantitative estimate of drug-likeness (QED) is 0.161. The van der Waals surface area contributed by atoms with Gasteiger partial charge in [-0.05, 0) is 52.9 Å². The molecule has 0 bridgehead atoms. The number of carbonyl (C=O) groups excluding carboxylic acids is 1. The maximum Gasteiger partial charge on any atom is 0.315 e. The van der Waals surface area contributed by atoms with Crippen LogP contribution in [0.4, 0.5) is 4.79 Å². The van der Waals surface area contributed by atoms with Crippen molar-refractivity contribution in [2.75, 3.05) is 19.4 Å². The van der Waals surface area contributed by atoms with Crippen LogP contribution in [0.3, 0.4) is 0 Å². The minimum Gasteiger partial charge on any atom is -0.496 e. The molecule has 43 heavy (non-hydrogen) atoms. The number of ether oxygens (including phenoxy) is 3. The van der Waals surface area contributed by atoms with Crippen LogP contribution in [-0.4, -0.2) is 36.6 Å². The first-order valence-corrected chi connectivity index (χ1v) is 15.5. The molecule has 0 unspecified atom stereocenters. The van der Waals surface area contributed by atoms with Crippen LogP contribution in [0.1, 0.15) is 48.0 Å². The molecule has 224 valence electrons. The van der Waals surface area contributed by atoms with E-state index in [1.54, 1.807) is 18.9 Å². The minimum atomic E-state index is -0.527. The first kappa shape index (κ1) is 30.6. The van der Waals surface area contributed by atoms with Gasteiger partial charge in [0.15, 0.2) is 6.29 Å². The highest BCUT2D eigenvalue weighted by molar-refractivity contribution is 7.99. The third-order valence-electron chi connectivity index (χ3n) is 7.34. The van der Waals surface area contributed by atoms with Crippen molar-refractivity contribution in [1.82, 2.24) is 10.6 Å². The van der Waals surface area contributed by atoms with Gasteiger partial charge in [-0.15, -0.1) is 11.8 Å². The van der Waals surface area contributed by atoms with Crippen LogP contribution >= 0.6 is 11.8 Å². The zero-order valence-corrected chi connectivity index (χ0v) is 25.3. The number of nitrogens with one attached hydrogen (secondary N) is 2. The Kier molecular flexibility index (Phi) is 10.7. The van der Waals surface area contributed by atoms with Crippen LogP contribution in [0.25, 0.3) is 11.1 Å². The molecule has 8 heteroatoms. The zero-order chi connectivity index (χ0) is 30.0. The van der Waals surface area contributed by atoms with Crippen molar-refractivity contribution in [3.63, 3.8) is 0 Å². The highest BCUT2D eigenvalue weighted by Gasteiger charge is 2.32. The van der Waals surface area contributed by atoms with Gasteiger partial charge in [0, 0.05) is 35.7 Å². The molecular formula is C35H38N2O5S. The van der Waals surface area contributed by atoms with E-state index in [0.29, 0.717) is 19.5 Å². The average molecular weight is 599 g/mol. The third-order valence-corrected chi connectivity index (χ3v) is 8.53. The Morgan fingerprint density at radius 3 is 2.40 bits per heavy atom. The summed E-state index contributed by atoms with van der Waals surface area (Å²) in [7, 11) is 1.69. The fourth-order valence-electron chi connectivity index (χ4n) is 5.04. The van der Waals surface area contributed by atoms with E-state index in [-0.39, 0.29) is 24.8 Å². The van der Waals surface area contributed by atoms with Gasteiger partial charge in [-0.2, -0.15) is 0 Å². The van der Waals surface area contributed by atoms with Gasteiger partial charge in [0.05, 0.1) is 25.9 Å². The number of urea groups is 1. The summed E-state index contributed by atoms with van der Waals surface area (Å²) in [5.41, 5.74) is 6.04. The van der Waals surface area contributed by atoms with Crippen molar-refractivity contribution >= 4 is 17.8 Å². The number of hydrogen-bond donors (Lipinski definition) is 3. The monoisotopic (exact) mass is 598 g/mol. The number of methoxy groups -OCH3 is 1. The van der Waals surface area contributed by atoms with E-state index in [1.807, 2.05) is 61.5 Å². The van der Waals surface area contributed by atoms with Crippen LogP contribution in [0, 0.1) is 0 Å². The second-order valence-electron chi connectivity index (χ2n) is 10.3. The van der Waals surface area contributed by atoms with E-state index in [1.165, 1.54) is 0 Å². The van der Waals surface area contributed by atoms with Crippen molar-refractivity contribution in [2.24, 2.45) is 0 Å². The summed E-state index contributed by atoms with van der Waals surface area (Å²) in [6, 6.07) is 32.2. The Morgan fingerprint density at radius 1 is 0.884 bits per heavy atom. The van der Waals surface area contributed by atoms with Crippen LogP contribution in [0.5, 0.6) is 5.75 Å². The lowest BCUT2D eigenvalue weighted by molar-refractivity contribution is -0.245. The number of rotatable bonds is 11. The van der Waals surface area contributed by atoms with Crippen molar-refractivity contribution in [2.45, 2.75) is 49.9 Å². The van der Waals surface area contributed by atoms with Gasteiger partial charge >= 0.3 is 6.03 Å². The van der Waals surface area contributed by atoms with Gasteiger partial charge in [0.25, 0.3) is 0 Å². The second-order valence-corrected chi connectivity index (χ2v) is 11.4. The number of benzene rings is 4. The zero-order valence-electron chi connectivity index (χ0n) is 24.5. The molecule has 1 aliphatic rings. The Hall–Kier alpha value is -3.82. The van der Waals surface area contributed by atoms with E-state index in [0.717, 1.165) is 49.8 Å². The molecule has 2 amide bonds. The summed E-state index contributed by atoms with van der Waals surface area (Å²) in [5, 5.41) is 15.1. The number of aliphatic hydroxyl groups excluding tert-OH is 1. The molecule has 0 aromatic heterocycles. The van der Waals surface area contributed by atoms with Gasteiger partial charge in [0.1, 0.15) is 5.75 Å². The maximum absolute atomic E-state index is 11.8. The van der Waals surface area contributed by atoms with E-state index in [2.05, 4.69) is 53.1 Å². The molecule has 0 aliphatic carbocycles. The highest BCUT2D eigenvalue weighted by Crippen LogP contribution is 2.40. The molecular weight excluding hydrogens is 560 g/mol. The summed E-state index contributed by atoms with van der Waals surface area (Å²) < 4.78 is 18.6. The molecule has 7 nitrogen and oxygen atoms in total. The molecule has 3 atom stereocenters. The van der Waals surface area contributed by atoms with Gasteiger partial charge in [-0.1, -0.05) is 78.9 Å². The second kappa shape index (κ2) is 15.1. The largest absolute Gasteiger partial charge is 0.496 e. The predicted octanol–water partition coefficient (Wildman–Crippen LogP) is 7.01. The smallest absolute Gasteiger partial charge is 0.315 e. The normalized spacial score (nSPS) is 18.2. The molecule has 1 saturated heterocycles. The Labute approximate surface area is 257 Å². The summed E-state index contributed by atoms with van der Waals surface area (Å²) in [6.07, 6.45) is -0.0126. The molecule has 0 radical (unpaired) electrons. The van der Waals surface area contributed by atoms with E-state index < -0.39 is 6.29 Å². The van der Waals surface area contributed by atoms with Crippen LogP contribution in [-0.2, 0) is 22.6 Å². The van der Waals surface area contributed by atoms with Crippen molar-refractivity contribution in [3.8, 4) is 16.9 Å². The maximum atomic E-state index is 11.8. The van der Waals surface area contributed by atoms with Crippen molar-refractivity contribution < 1.29 is 24.1 Å². The Balaban J connectivity index is 1.32. The van der Waals surface area contributed by atoms with Crippen molar-refractivity contribution in [1.29, 1.82) is 0 Å². The predicted molar refractivity (Wildman–Crippen MR) is 170 cm³/mol. The number of hydrogen-bond acceptors (Lipinski definition) is 6. The van der Waals surface area contributed by atoms with Gasteiger partial charge in [0.2, 0.25) is 0 Å².